The summed E-state index contributed by atoms with van der Waals surface area (Å²) >= 11 is 0. The zero-order valence-corrected chi connectivity index (χ0v) is 23.2. The third kappa shape index (κ3) is 8.59. The van der Waals surface area contributed by atoms with E-state index in [9.17, 15) is 18.0 Å². The molecule has 0 bridgehead atoms. The van der Waals surface area contributed by atoms with Crippen LogP contribution in [0.3, 0.4) is 0 Å². The molecule has 0 aromatic heterocycles. The van der Waals surface area contributed by atoms with E-state index in [1.54, 1.807) is 11.8 Å². The van der Waals surface area contributed by atoms with Crippen LogP contribution >= 0.6 is 0 Å². The zero-order valence-electron chi connectivity index (χ0n) is 22.4. The summed E-state index contributed by atoms with van der Waals surface area (Å²) in [5.74, 6) is -0.262. The van der Waals surface area contributed by atoms with Gasteiger partial charge in [-0.25, -0.2) is 8.42 Å². The number of nitrogens with one attached hydrogen (secondary N) is 1. The second-order valence-corrected chi connectivity index (χ2v) is 11.9. The SMILES string of the molecule is CCc1ccc(N(CCCC(=O)N(CCc2ccccc2)[C@@H](C)C(=O)NC2CCCC2)S(C)(=O)=O)cc1. The van der Waals surface area contributed by atoms with Gasteiger partial charge in [0.25, 0.3) is 0 Å². The Balaban J connectivity index is 1.66. The molecule has 2 aromatic rings. The standard InChI is InChI=1S/C29H41N3O4S/c1-4-24-16-18-27(19-17-24)32(37(3,35)36)21-10-15-28(33)31(22-20-25-11-6-5-7-12-25)23(2)29(34)30-26-13-8-9-14-26/h5-7,11-12,16-19,23,26H,4,8-10,13-15,20-22H2,1-3H3,(H,30,34)/t23-/m0/s1. The average molecular weight is 528 g/mol. The fourth-order valence-corrected chi connectivity index (χ4v) is 5.83. The van der Waals surface area contributed by atoms with E-state index in [0.717, 1.165) is 43.2 Å². The lowest BCUT2D eigenvalue weighted by Crippen LogP contribution is -2.50. The van der Waals surface area contributed by atoms with Crippen molar-refractivity contribution in [1.29, 1.82) is 0 Å². The number of hydrogen-bond acceptors (Lipinski definition) is 4. The number of rotatable bonds is 13. The summed E-state index contributed by atoms with van der Waals surface area (Å²) in [4.78, 5) is 28.0. The molecule has 1 fully saturated rings. The van der Waals surface area contributed by atoms with Crippen LogP contribution in [0, 0.1) is 0 Å². The highest BCUT2D eigenvalue weighted by Crippen LogP contribution is 2.21. The molecule has 7 nitrogen and oxygen atoms in total. The number of benzene rings is 2. The Bertz CT molecular complexity index is 1110. The smallest absolute Gasteiger partial charge is 0.242 e. The van der Waals surface area contributed by atoms with Crippen LogP contribution in [-0.4, -0.2) is 56.6 Å². The van der Waals surface area contributed by atoms with Gasteiger partial charge in [-0.1, -0.05) is 62.2 Å². The average Bonchev–Trinajstić information content (AvgIpc) is 3.39. The monoisotopic (exact) mass is 527 g/mol. The van der Waals surface area contributed by atoms with E-state index in [1.165, 1.54) is 10.6 Å². The van der Waals surface area contributed by atoms with Crippen molar-refractivity contribution in [3.05, 3.63) is 65.7 Å². The molecule has 1 saturated carbocycles. The van der Waals surface area contributed by atoms with Gasteiger partial charge in [-0.15, -0.1) is 0 Å². The molecule has 1 aliphatic carbocycles. The fourth-order valence-electron chi connectivity index (χ4n) is 4.86. The second-order valence-electron chi connectivity index (χ2n) is 9.95. The van der Waals surface area contributed by atoms with Crippen molar-refractivity contribution in [2.45, 2.75) is 77.3 Å². The van der Waals surface area contributed by atoms with Crippen molar-refractivity contribution in [1.82, 2.24) is 10.2 Å². The molecule has 0 spiro atoms. The van der Waals surface area contributed by atoms with Crippen LogP contribution in [0.15, 0.2) is 54.6 Å². The van der Waals surface area contributed by atoms with E-state index >= 15 is 0 Å². The minimum absolute atomic E-state index is 0.123. The lowest BCUT2D eigenvalue weighted by atomic mass is 10.1. The number of sulfonamides is 1. The third-order valence-corrected chi connectivity index (χ3v) is 8.33. The predicted molar refractivity (Wildman–Crippen MR) is 149 cm³/mol. The molecule has 0 saturated heterocycles. The van der Waals surface area contributed by atoms with Crippen LogP contribution in [0.1, 0.15) is 63.5 Å². The molecule has 1 N–H and O–H groups in total. The van der Waals surface area contributed by atoms with Crippen molar-refractivity contribution in [3.63, 3.8) is 0 Å². The Kier molecular flexibility index (Phi) is 10.6. The fraction of sp³-hybridized carbons (Fsp3) is 0.517. The highest BCUT2D eigenvalue weighted by Gasteiger charge is 2.28. The van der Waals surface area contributed by atoms with Gasteiger partial charge in [-0.3, -0.25) is 13.9 Å². The second kappa shape index (κ2) is 13.6. The minimum atomic E-state index is -3.50. The summed E-state index contributed by atoms with van der Waals surface area (Å²) < 4.78 is 26.3. The van der Waals surface area contributed by atoms with Crippen LogP contribution in [0.4, 0.5) is 5.69 Å². The maximum Gasteiger partial charge on any atom is 0.242 e. The first-order chi connectivity index (χ1) is 17.7. The Morgan fingerprint density at radius 2 is 1.62 bits per heavy atom. The van der Waals surface area contributed by atoms with Gasteiger partial charge < -0.3 is 10.2 Å². The topological polar surface area (TPSA) is 86.8 Å². The molecular formula is C29H41N3O4S. The van der Waals surface area contributed by atoms with Crippen molar-refractivity contribution in [3.8, 4) is 0 Å². The number of anilines is 1. The van der Waals surface area contributed by atoms with E-state index in [0.29, 0.717) is 25.1 Å². The van der Waals surface area contributed by atoms with Gasteiger partial charge in [-0.05, 0) is 62.3 Å². The molecule has 0 radical (unpaired) electrons. The van der Waals surface area contributed by atoms with Gasteiger partial charge in [-0.2, -0.15) is 0 Å². The van der Waals surface area contributed by atoms with Gasteiger partial charge in [0, 0.05) is 25.6 Å². The molecule has 3 rings (SSSR count). The molecule has 2 aromatic carbocycles. The first kappa shape index (κ1) is 28.7. The Morgan fingerprint density at radius 1 is 0.973 bits per heavy atom. The number of carbonyl (C=O) groups excluding carboxylic acids is 2. The van der Waals surface area contributed by atoms with Gasteiger partial charge in [0.1, 0.15) is 6.04 Å². The predicted octanol–water partition coefficient (Wildman–Crippen LogP) is 4.31. The first-order valence-corrected chi connectivity index (χ1v) is 15.2. The van der Waals surface area contributed by atoms with Crippen LogP contribution in [0.2, 0.25) is 0 Å². The molecule has 8 heteroatoms. The van der Waals surface area contributed by atoms with Crippen molar-refractivity contribution >= 4 is 27.5 Å². The van der Waals surface area contributed by atoms with Gasteiger partial charge in [0.05, 0.1) is 11.9 Å². The molecular weight excluding hydrogens is 486 g/mol. The number of carbonyl (C=O) groups is 2. The van der Waals surface area contributed by atoms with Crippen molar-refractivity contribution in [2.24, 2.45) is 0 Å². The van der Waals surface area contributed by atoms with E-state index in [-0.39, 0.29) is 30.8 Å². The van der Waals surface area contributed by atoms with Crippen LogP contribution < -0.4 is 9.62 Å². The largest absolute Gasteiger partial charge is 0.352 e. The Hall–Kier alpha value is -2.87. The summed E-state index contributed by atoms with van der Waals surface area (Å²) in [6.45, 7) is 4.46. The maximum absolute atomic E-state index is 13.4. The number of hydrogen-bond donors (Lipinski definition) is 1. The highest BCUT2D eigenvalue weighted by molar-refractivity contribution is 7.92. The normalized spacial score (nSPS) is 14.8. The molecule has 2 amide bonds. The number of aryl methyl sites for hydroxylation is 1. The number of nitrogens with zero attached hydrogens (tertiary/aromatic N) is 2. The van der Waals surface area contributed by atoms with E-state index in [2.05, 4.69) is 5.32 Å². The molecule has 0 aliphatic heterocycles. The first-order valence-electron chi connectivity index (χ1n) is 13.4. The van der Waals surface area contributed by atoms with Crippen LogP contribution in [0.25, 0.3) is 0 Å². The van der Waals surface area contributed by atoms with E-state index in [4.69, 9.17) is 0 Å². The van der Waals surface area contributed by atoms with Crippen molar-refractivity contribution < 1.29 is 18.0 Å². The van der Waals surface area contributed by atoms with Gasteiger partial charge >= 0.3 is 0 Å². The molecule has 202 valence electrons. The van der Waals surface area contributed by atoms with Crippen LogP contribution in [-0.2, 0) is 32.5 Å². The summed E-state index contributed by atoms with van der Waals surface area (Å²) in [6.07, 6.45) is 7.43. The van der Waals surface area contributed by atoms with E-state index in [1.807, 2.05) is 61.5 Å². The molecule has 1 aliphatic rings. The molecule has 37 heavy (non-hydrogen) atoms. The van der Waals surface area contributed by atoms with Gasteiger partial charge in [0.2, 0.25) is 21.8 Å². The molecule has 1 atom stereocenters. The Labute approximate surface area is 222 Å². The highest BCUT2D eigenvalue weighted by atomic mass is 32.2. The summed E-state index contributed by atoms with van der Waals surface area (Å²) in [6, 6.07) is 17.0. The summed E-state index contributed by atoms with van der Waals surface area (Å²) in [5.41, 5.74) is 2.83. The van der Waals surface area contributed by atoms with Gasteiger partial charge in [0.15, 0.2) is 0 Å². The minimum Gasteiger partial charge on any atom is -0.352 e. The lowest BCUT2D eigenvalue weighted by Gasteiger charge is -2.30. The number of amides is 2. The Morgan fingerprint density at radius 3 is 2.22 bits per heavy atom. The molecule has 0 heterocycles. The quantitative estimate of drug-likeness (QED) is 0.421. The third-order valence-electron chi connectivity index (χ3n) is 7.14. The zero-order chi connectivity index (χ0) is 26.8. The molecule has 0 unspecified atom stereocenters. The lowest BCUT2D eigenvalue weighted by molar-refractivity contribution is -0.140. The van der Waals surface area contributed by atoms with Crippen LogP contribution in [0.5, 0.6) is 0 Å². The van der Waals surface area contributed by atoms with E-state index < -0.39 is 16.1 Å². The maximum atomic E-state index is 13.4. The summed E-state index contributed by atoms with van der Waals surface area (Å²) in [5, 5.41) is 3.12. The summed E-state index contributed by atoms with van der Waals surface area (Å²) in [7, 11) is -3.50. The van der Waals surface area contributed by atoms with Crippen molar-refractivity contribution in [2.75, 3.05) is 23.7 Å².